The number of hydrogen-bond acceptors (Lipinski definition) is 1. The maximum absolute atomic E-state index is 6.72. The van der Waals surface area contributed by atoms with E-state index in [9.17, 15) is 0 Å². The van der Waals surface area contributed by atoms with Crippen molar-refractivity contribution >= 4 is 38.0 Å². The van der Waals surface area contributed by atoms with Gasteiger partial charge in [0.05, 0.1) is 0 Å². The molecule has 0 aliphatic heterocycles. The number of rotatable bonds is 2. The second kappa shape index (κ2) is 6.08. The molecule has 0 unspecified atom stereocenters. The van der Waals surface area contributed by atoms with Crippen molar-refractivity contribution in [2.75, 3.05) is 5.73 Å². The lowest BCUT2D eigenvalue weighted by atomic mass is 9.88. The standard InChI is InChI=1S/C28H19N/c29-28-22(18-6-2-1-3-7-18)10-5-11-25(28)23-16-14-21-13-12-19-8-4-9-20-15-17-24(23)27(21)26(19)20/h1-17H,29H2. The fraction of sp³-hybridized carbons (Fsp3) is 0. The van der Waals surface area contributed by atoms with Crippen LogP contribution in [0.2, 0.25) is 0 Å². The highest BCUT2D eigenvalue weighted by Crippen LogP contribution is 2.42. The molecule has 0 saturated heterocycles. The minimum Gasteiger partial charge on any atom is -0.398 e. The van der Waals surface area contributed by atoms with E-state index in [1.165, 1.54) is 37.9 Å². The molecule has 0 aromatic heterocycles. The molecule has 6 aromatic carbocycles. The Morgan fingerprint density at radius 3 is 1.83 bits per heavy atom. The number of anilines is 1. The maximum Gasteiger partial charge on any atom is 0.0473 e. The maximum atomic E-state index is 6.72. The molecule has 0 radical (unpaired) electrons. The topological polar surface area (TPSA) is 26.0 Å². The minimum absolute atomic E-state index is 0.828. The van der Waals surface area contributed by atoms with Gasteiger partial charge in [0.1, 0.15) is 0 Å². The molecule has 29 heavy (non-hydrogen) atoms. The zero-order valence-corrected chi connectivity index (χ0v) is 15.9. The van der Waals surface area contributed by atoms with Crippen molar-refractivity contribution in [3.63, 3.8) is 0 Å². The lowest BCUT2D eigenvalue weighted by molar-refractivity contribution is 1.60. The van der Waals surface area contributed by atoms with Gasteiger partial charge in [-0.2, -0.15) is 0 Å². The van der Waals surface area contributed by atoms with E-state index in [2.05, 4.69) is 97.1 Å². The smallest absolute Gasteiger partial charge is 0.0473 e. The highest BCUT2D eigenvalue weighted by Gasteiger charge is 2.15. The van der Waals surface area contributed by atoms with Crippen LogP contribution in [0.1, 0.15) is 0 Å². The summed E-state index contributed by atoms with van der Waals surface area (Å²) in [6.45, 7) is 0. The second-order valence-corrected chi connectivity index (χ2v) is 7.60. The van der Waals surface area contributed by atoms with Gasteiger partial charge in [-0.05, 0) is 43.4 Å². The van der Waals surface area contributed by atoms with Gasteiger partial charge in [-0.3, -0.25) is 0 Å². The van der Waals surface area contributed by atoms with Gasteiger partial charge in [0, 0.05) is 16.8 Å². The summed E-state index contributed by atoms with van der Waals surface area (Å²) in [5, 5.41) is 7.74. The summed E-state index contributed by atoms with van der Waals surface area (Å²) in [5.41, 5.74) is 12.0. The van der Waals surface area contributed by atoms with Crippen LogP contribution in [0, 0.1) is 0 Å². The number of nitrogen functional groups attached to an aromatic ring is 1. The van der Waals surface area contributed by atoms with Crippen molar-refractivity contribution in [2.45, 2.75) is 0 Å². The molecule has 0 saturated carbocycles. The molecule has 1 nitrogen and oxygen atoms in total. The van der Waals surface area contributed by atoms with Crippen molar-refractivity contribution in [1.82, 2.24) is 0 Å². The Balaban J connectivity index is 1.69. The third-order valence-electron chi connectivity index (χ3n) is 6.01. The lowest BCUT2D eigenvalue weighted by Gasteiger charge is -2.16. The van der Waals surface area contributed by atoms with E-state index in [4.69, 9.17) is 5.73 Å². The van der Waals surface area contributed by atoms with Crippen LogP contribution >= 0.6 is 0 Å². The summed E-state index contributed by atoms with van der Waals surface area (Å²) in [4.78, 5) is 0. The Morgan fingerprint density at radius 1 is 0.414 bits per heavy atom. The largest absolute Gasteiger partial charge is 0.398 e. The van der Waals surface area contributed by atoms with E-state index in [1.54, 1.807) is 0 Å². The number of hydrogen-bond donors (Lipinski definition) is 1. The highest BCUT2D eigenvalue weighted by molar-refractivity contribution is 6.25. The molecular formula is C28H19N. The molecule has 0 amide bonds. The third kappa shape index (κ3) is 2.34. The molecule has 0 atom stereocenters. The van der Waals surface area contributed by atoms with Crippen molar-refractivity contribution < 1.29 is 0 Å². The highest BCUT2D eigenvalue weighted by atomic mass is 14.6. The zero-order valence-electron chi connectivity index (χ0n) is 15.9. The van der Waals surface area contributed by atoms with Crippen molar-refractivity contribution in [3.05, 3.63) is 103 Å². The van der Waals surface area contributed by atoms with Gasteiger partial charge in [-0.25, -0.2) is 0 Å². The predicted octanol–water partition coefficient (Wildman–Crippen LogP) is 7.50. The van der Waals surface area contributed by atoms with Gasteiger partial charge >= 0.3 is 0 Å². The molecule has 0 spiro atoms. The van der Waals surface area contributed by atoms with Crippen LogP contribution in [0.5, 0.6) is 0 Å². The van der Waals surface area contributed by atoms with Crippen LogP contribution in [0.25, 0.3) is 54.6 Å². The Bertz CT molecular complexity index is 1480. The molecular weight excluding hydrogens is 350 g/mol. The average Bonchev–Trinajstić information content (AvgIpc) is 2.78. The van der Waals surface area contributed by atoms with Crippen molar-refractivity contribution in [2.24, 2.45) is 0 Å². The Hall–Kier alpha value is -3.84. The van der Waals surface area contributed by atoms with Crippen LogP contribution in [-0.4, -0.2) is 0 Å². The lowest BCUT2D eigenvalue weighted by Crippen LogP contribution is -1.95. The first-order valence-electron chi connectivity index (χ1n) is 9.92. The van der Waals surface area contributed by atoms with Crippen LogP contribution in [0.4, 0.5) is 5.69 Å². The monoisotopic (exact) mass is 369 g/mol. The molecule has 136 valence electrons. The van der Waals surface area contributed by atoms with E-state index < -0.39 is 0 Å². The molecule has 0 heterocycles. The van der Waals surface area contributed by atoms with Gasteiger partial charge in [-0.15, -0.1) is 0 Å². The van der Waals surface area contributed by atoms with Gasteiger partial charge in [-0.1, -0.05) is 103 Å². The zero-order chi connectivity index (χ0) is 19.4. The van der Waals surface area contributed by atoms with E-state index in [-0.39, 0.29) is 0 Å². The minimum atomic E-state index is 0.828. The summed E-state index contributed by atoms with van der Waals surface area (Å²) in [6, 6.07) is 36.6. The fourth-order valence-electron chi connectivity index (χ4n) is 4.64. The Kier molecular flexibility index (Phi) is 3.39. The van der Waals surface area contributed by atoms with Crippen molar-refractivity contribution in [3.8, 4) is 22.3 Å². The Labute approximate surface area is 169 Å². The summed E-state index contributed by atoms with van der Waals surface area (Å²) < 4.78 is 0. The molecule has 0 fully saturated rings. The van der Waals surface area contributed by atoms with E-state index in [0.29, 0.717) is 0 Å². The normalized spacial score (nSPS) is 11.6. The first-order chi connectivity index (χ1) is 14.3. The predicted molar refractivity (Wildman–Crippen MR) is 125 cm³/mol. The van der Waals surface area contributed by atoms with Gasteiger partial charge in [0.15, 0.2) is 0 Å². The number of benzene rings is 6. The quantitative estimate of drug-likeness (QED) is 0.248. The number of para-hydroxylation sites is 1. The van der Waals surface area contributed by atoms with Crippen LogP contribution < -0.4 is 5.73 Å². The summed E-state index contributed by atoms with van der Waals surface area (Å²) in [5.74, 6) is 0. The molecule has 6 aromatic rings. The molecule has 0 aliphatic carbocycles. The molecule has 2 N–H and O–H groups in total. The molecule has 0 bridgehead atoms. The van der Waals surface area contributed by atoms with E-state index in [0.717, 1.165) is 22.4 Å². The van der Waals surface area contributed by atoms with Crippen LogP contribution in [0.15, 0.2) is 103 Å². The summed E-state index contributed by atoms with van der Waals surface area (Å²) in [6.07, 6.45) is 0. The summed E-state index contributed by atoms with van der Waals surface area (Å²) >= 11 is 0. The first-order valence-corrected chi connectivity index (χ1v) is 9.92. The van der Waals surface area contributed by atoms with E-state index in [1.807, 2.05) is 6.07 Å². The summed E-state index contributed by atoms with van der Waals surface area (Å²) in [7, 11) is 0. The Morgan fingerprint density at radius 2 is 1.03 bits per heavy atom. The van der Waals surface area contributed by atoms with Gasteiger partial charge < -0.3 is 5.73 Å². The van der Waals surface area contributed by atoms with E-state index >= 15 is 0 Å². The van der Waals surface area contributed by atoms with Crippen molar-refractivity contribution in [1.29, 1.82) is 0 Å². The van der Waals surface area contributed by atoms with Gasteiger partial charge in [0.2, 0.25) is 0 Å². The third-order valence-corrected chi connectivity index (χ3v) is 6.01. The van der Waals surface area contributed by atoms with Gasteiger partial charge in [0.25, 0.3) is 0 Å². The SMILES string of the molecule is Nc1c(-c2ccccc2)cccc1-c1ccc2ccc3cccc4ccc1c2c34. The molecule has 6 rings (SSSR count). The molecule has 1 heteroatoms. The van der Waals surface area contributed by atoms with Crippen LogP contribution in [-0.2, 0) is 0 Å². The average molecular weight is 369 g/mol. The first kappa shape index (κ1) is 16.1. The molecule has 0 aliphatic rings. The fourth-order valence-corrected chi connectivity index (χ4v) is 4.64. The second-order valence-electron chi connectivity index (χ2n) is 7.60. The number of nitrogens with two attached hydrogens (primary N) is 1. The van der Waals surface area contributed by atoms with Crippen LogP contribution in [0.3, 0.4) is 0 Å².